The predicted octanol–water partition coefficient (Wildman–Crippen LogP) is 3.34. The molecular formula is C12H20WY-2. The molecule has 1 radical (unpaired) electrons. The molecule has 5 atom stereocenters. The van der Waals surface area contributed by atoms with Crippen molar-refractivity contribution in [2.75, 3.05) is 0 Å². The Kier molecular flexibility index (Phi) is 6.68. The Morgan fingerprint density at radius 1 is 1.07 bits per heavy atom. The van der Waals surface area contributed by atoms with Crippen molar-refractivity contribution in [1.82, 2.24) is 0 Å². The standard InChI is InChI=1S/C11H17.CH3.W.Y/c1-7-5-8-6-11(7)10-4-2-3-9(8)10;;;/h5,7-11H,2-4,6H2,1H3;1H3;;/q2*-1;;. The largest absolute Gasteiger partial charge is 0.358 e. The summed E-state index contributed by atoms with van der Waals surface area (Å²) in [7, 11) is 0. The Morgan fingerprint density at radius 3 is 2.43 bits per heavy atom. The Morgan fingerprint density at radius 2 is 1.71 bits per heavy atom. The topological polar surface area (TPSA) is 0 Å². The van der Waals surface area contributed by atoms with Crippen molar-refractivity contribution in [1.29, 1.82) is 0 Å². The Balaban J connectivity index is 0.000000563. The normalized spacial score (nSPS) is 47.4. The summed E-state index contributed by atoms with van der Waals surface area (Å²) < 4.78 is 0. The molecule has 3 rings (SSSR count). The number of rotatable bonds is 0. The van der Waals surface area contributed by atoms with Crippen molar-refractivity contribution in [2.45, 2.75) is 32.6 Å². The smallest absolute Gasteiger partial charge is 0 e. The van der Waals surface area contributed by atoms with Crippen LogP contribution in [0.2, 0.25) is 0 Å². The van der Waals surface area contributed by atoms with E-state index in [1.54, 1.807) is 19.3 Å². The molecule has 3 aliphatic carbocycles. The van der Waals surface area contributed by atoms with Crippen LogP contribution in [-0.4, -0.2) is 0 Å². The van der Waals surface area contributed by atoms with Crippen LogP contribution in [0.15, 0.2) is 0 Å². The Labute approximate surface area is 129 Å². The molecule has 0 aromatic heterocycles. The second-order valence-electron chi connectivity index (χ2n) is 4.87. The van der Waals surface area contributed by atoms with Gasteiger partial charge < -0.3 is 13.8 Å². The summed E-state index contributed by atoms with van der Waals surface area (Å²) in [5, 5.41) is 0. The van der Waals surface area contributed by atoms with Crippen molar-refractivity contribution in [3.05, 3.63) is 13.8 Å². The molecule has 5 unspecified atom stereocenters. The summed E-state index contributed by atoms with van der Waals surface area (Å²) in [5.41, 5.74) is 0. The molecule has 2 bridgehead atoms. The van der Waals surface area contributed by atoms with E-state index in [1.165, 1.54) is 6.42 Å². The van der Waals surface area contributed by atoms with Gasteiger partial charge in [-0.05, 0) is 5.92 Å². The summed E-state index contributed by atoms with van der Waals surface area (Å²) in [6.45, 7) is 2.43. The summed E-state index contributed by atoms with van der Waals surface area (Å²) in [5.74, 6) is 5.39. The average molecular weight is 437 g/mol. The monoisotopic (exact) mass is 437 g/mol. The van der Waals surface area contributed by atoms with E-state index < -0.39 is 0 Å². The van der Waals surface area contributed by atoms with E-state index in [4.69, 9.17) is 0 Å². The quantitative estimate of drug-likeness (QED) is 0.511. The van der Waals surface area contributed by atoms with Gasteiger partial charge in [0.1, 0.15) is 0 Å². The van der Waals surface area contributed by atoms with Gasteiger partial charge in [0.2, 0.25) is 0 Å². The maximum absolute atomic E-state index is 2.65. The maximum atomic E-state index is 2.65. The summed E-state index contributed by atoms with van der Waals surface area (Å²) in [6.07, 6.45) is 8.84. The van der Waals surface area contributed by atoms with Crippen LogP contribution in [-0.2, 0) is 53.8 Å². The van der Waals surface area contributed by atoms with Gasteiger partial charge in [0.15, 0.2) is 0 Å². The second-order valence-corrected chi connectivity index (χ2v) is 4.87. The predicted molar refractivity (Wildman–Crippen MR) is 52.3 cm³/mol. The van der Waals surface area contributed by atoms with Crippen LogP contribution in [0.4, 0.5) is 0 Å². The maximum Gasteiger partial charge on any atom is 0 e. The van der Waals surface area contributed by atoms with Crippen molar-refractivity contribution < 1.29 is 53.8 Å². The summed E-state index contributed by atoms with van der Waals surface area (Å²) >= 11 is 0. The molecule has 0 aromatic carbocycles. The fraction of sp³-hybridized carbons (Fsp3) is 0.833. The third-order valence-electron chi connectivity index (χ3n) is 4.50. The molecule has 0 aromatic rings. The number of fused-ring (bicyclic) bond motifs is 5. The van der Waals surface area contributed by atoms with Crippen LogP contribution in [0.3, 0.4) is 0 Å². The van der Waals surface area contributed by atoms with E-state index >= 15 is 0 Å². The van der Waals surface area contributed by atoms with E-state index in [-0.39, 0.29) is 61.2 Å². The van der Waals surface area contributed by atoms with Gasteiger partial charge >= 0.3 is 0 Å². The minimum Gasteiger partial charge on any atom is -0.358 e. The molecule has 3 saturated carbocycles. The Bertz CT molecular complexity index is 183. The fourth-order valence-electron chi connectivity index (χ4n) is 4.10. The SMILES string of the molecule is CC1[CH-]C2CC1C1CCCC21.[CH3-].[W].[Y]. The zero-order valence-corrected chi connectivity index (χ0v) is 15.0. The summed E-state index contributed by atoms with van der Waals surface area (Å²) in [6, 6.07) is 0. The van der Waals surface area contributed by atoms with Crippen LogP contribution in [0, 0.1) is 43.4 Å². The second kappa shape index (κ2) is 5.93. The van der Waals surface area contributed by atoms with Gasteiger partial charge in [-0.25, -0.2) is 0 Å². The minimum atomic E-state index is 0. The van der Waals surface area contributed by atoms with E-state index in [0.717, 1.165) is 29.6 Å². The van der Waals surface area contributed by atoms with Gasteiger partial charge in [0.05, 0.1) is 0 Å². The van der Waals surface area contributed by atoms with Crippen LogP contribution in [0.25, 0.3) is 0 Å². The molecule has 0 saturated heterocycles. The van der Waals surface area contributed by atoms with Crippen LogP contribution in [0.5, 0.6) is 0 Å². The van der Waals surface area contributed by atoms with Crippen molar-refractivity contribution in [3.63, 3.8) is 0 Å². The van der Waals surface area contributed by atoms with Gasteiger partial charge in [-0.3, -0.25) is 0 Å². The molecule has 79 valence electrons. The van der Waals surface area contributed by atoms with Crippen molar-refractivity contribution >= 4 is 0 Å². The first-order chi connectivity index (χ1) is 5.36. The van der Waals surface area contributed by atoms with E-state index in [2.05, 4.69) is 13.3 Å². The van der Waals surface area contributed by atoms with Gasteiger partial charge in [-0.1, -0.05) is 44.4 Å². The molecule has 14 heavy (non-hydrogen) atoms. The van der Waals surface area contributed by atoms with Crippen molar-refractivity contribution in [2.24, 2.45) is 29.6 Å². The van der Waals surface area contributed by atoms with E-state index in [1.807, 2.05) is 0 Å². The van der Waals surface area contributed by atoms with Crippen LogP contribution in [0.1, 0.15) is 32.6 Å². The van der Waals surface area contributed by atoms with Crippen LogP contribution >= 0.6 is 0 Å². The zero-order chi connectivity index (χ0) is 7.42. The molecule has 0 heterocycles. The van der Waals surface area contributed by atoms with E-state index in [0.29, 0.717) is 0 Å². The first-order valence-electron chi connectivity index (χ1n) is 5.21. The van der Waals surface area contributed by atoms with Gasteiger partial charge in [0, 0.05) is 53.8 Å². The van der Waals surface area contributed by atoms with E-state index in [9.17, 15) is 0 Å². The molecule has 0 nitrogen and oxygen atoms in total. The molecular weight excluding hydrogens is 417 g/mol. The molecule has 0 N–H and O–H groups in total. The van der Waals surface area contributed by atoms with Crippen molar-refractivity contribution in [3.8, 4) is 0 Å². The molecule has 0 amide bonds. The minimum absolute atomic E-state index is 0. The third-order valence-corrected chi connectivity index (χ3v) is 4.50. The van der Waals surface area contributed by atoms with Crippen LogP contribution < -0.4 is 0 Å². The average Bonchev–Trinajstić information content (AvgIpc) is 2.52. The molecule has 3 fully saturated rings. The fourth-order valence-corrected chi connectivity index (χ4v) is 4.10. The molecule has 3 aliphatic rings. The van der Waals surface area contributed by atoms with Gasteiger partial charge in [-0.15, -0.1) is 0 Å². The zero-order valence-electron chi connectivity index (χ0n) is 9.28. The number of hydrogen-bond donors (Lipinski definition) is 0. The third kappa shape index (κ3) is 2.23. The summed E-state index contributed by atoms with van der Waals surface area (Å²) in [4.78, 5) is 0. The Hall–Kier alpha value is 1.79. The first kappa shape index (κ1) is 15.8. The molecule has 0 aliphatic heterocycles. The van der Waals surface area contributed by atoms with Gasteiger partial charge in [-0.2, -0.15) is 11.8 Å². The van der Waals surface area contributed by atoms with Gasteiger partial charge in [0.25, 0.3) is 0 Å². The molecule has 0 spiro atoms. The first-order valence-corrected chi connectivity index (χ1v) is 5.21. The number of hydrogen-bond acceptors (Lipinski definition) is 0. The molecule has 2 heteroatoms.